The Bertz CT molecular complexity index is 429. The van der Waals surface area contributed by atoms with E-state index >= 15 is 0 Å². The van der Waals surface area contributed by atoms with Crippen molar-refractivity contribution in [1.82, 2.24) is 9.21 Å². The Kier molecular flexibility index (Phi) is 4.47. The molecule has 2 saturated heterocycles. The lowest BCUT2D eigenvalue weighted by Crippen LogP contribution is -2.46. The molecule has 0 aliphatic carbocycles. The summed E-state index contributed by atoms with van der Waals surface area (Å²) in [6.07, 6.45) is 4.18. The van der Waals surface area contributed by atoms with Crippen molar-refractivity contribution in [3.63, 3.8) is 0 Å². The lowest BCUT2D eigenvalue weighted by molar-refractivity contribution is -0.138. The molecule has 2 fully saturated rings. The summed E-state index contributed by atoms with van der Waals surface area (Å²) in [5.41, 5.74) is 0. The first kappa shape index (κ1) is 14.7. The van der Waals surface area contributed by atoms with Gasteiger partial charge in [-0.3, -0.25) is 4.79 Å². The molecule has 2 aliphatic rings. The van der Waals surface area contributed by atoms with Crippen LogP contribution in [0.5, 0.6) is 0 Å². The summed E-state index contributed by atoms with van der Waals surface area (Å²) < 4.78 is 24.3. The summed E-state index contributed by atoms with van der Waals surface area (Å²) in [5.74, 6) is -0.00477. The predicted molar refractivity (Wildman–Crippen MR) is 71.0 cm³/mol. The zero-order valence-electron chi connectivity index (χ0n) is 11.3. The number of aliphatic hydroxyl groups excluding tert-OH is 1. The van der Waals surface area contributed by atoms with Gasteiger partial charge in [0, 0.05) is 25.6 Å². The molecule has 110 valence electrons. The molecule has 0 aromatic rings. The number of hydrogen-bond donors (Lipinski definition) is 1. The van der Waals surface area contributed by atoms with Crippen molar-refractivity contribution in [3.05, 3.63) is 0 Å². The van der Waals surface area contributed by atoms with Crippen molar-refractivity contribution in [2.45, 2.75) is 31.7 Å². The highest BCUT2D eigenvalue weighted by molar-refractivity contribution is 7.88. The SMILES string of the molecule is CS(=O)(=O)N1CCC(C(=O)N2CCC[C@H]2CO)CC1. The Hall–Kier alpha value is -0.660. The van der Waals surface area contributed by atoms with Gasteiger partial charge in [-0.1, -0.05) is 0 Å². The van der Waals surface area contributed by atoms with Crippen LogP contribution in [-0.4, -0.2) is 67.2 Å². The number of rotatable bonds is 3. The third-order valence-electron chi connectivity index (χ3n) is 4.14. The first-order valence-electron chi connectivity index (χ1n) is 6.80. The molecule has 0 saturated carbocycles. The standard InChI is InChI=1S/C12H22N2O4S/c1-19(17,18)13-7-4-10(5-8-13)12(16)14-6-2-3-11(14)9-15/h10-11,15H,2-9H2,1H3/t11-/m0/s1. The number of hydrogen-bond acceptors (Lipinski definition) is 4. The first-order valence-corrected chi connectivity index (χ1v) is 8.64. The fourth-order valence-electron chi connectivity index (χ4n) is 2.98. The maximum atomic E-state index is 12.4. The average molecular weight is 290 g/mol. The number of likely N-dealkylation sites (tertiary alicyclic amines) is 1. The molecule has 1 atom stereocenters. The van der Waals surface area contributed by atoms with E-state index in [1.807, 2.05) is 0 Å². The molecule has 0 aromatic carbocycles. The highest BCUT2D eigenvalue weighted by Gasteiger charge is 2.35. The summed E-state index contributed by atoms with van der Waals surface area (Å²) in [4.78, 5) is 14.2. The summed E-state index contributed by atoms with van der Waals surface area (Å²) >= 11 is 0. The second kappa shape index (κ2) is 5.76. The van der Waals surface area contributed by atoms with Crippen LogP contribution in [0.25, 0.3) is 0 Å². The van der Waals surface area contributed by atoms with E-state index < -0.39 is 10.0 Å². The highest BCUT2D eigenvalue weighted by atomic mass is 32.2. The molecule has 1 amide bonds. The van der Waals surface area contributed by atoms with Gasteiger partial charge in [0.15, 0.2) is 0 Å². The number of sulfonamides is 1. The molecule has 0 aromatic heterocycles. The van der Waals surface area contributed by atoms with E-state index in [0.717, 1.165) is 19.4 Å². The largest absolute Gasteiger partial charge is 0.394 e. The van der Waals surface area contributed by atoms with Gasteiger partial charge in [-0.2, -0.15) is 0 Å². The predicted octanol–water partition coefficient (Wildman–Crippen LogP) is -0.359. The van der Waals surface area contributed by atoms with Crippen LogP contribution in [0.1, 0.15) is 25.7 Å². The summed E-state index contributed by atoms with van der Waals surface area (Å²) in [5, 5.41) is 9.25. The minimum absolute atomic E-state index is 0.0218. The Morgan fingerprint density at radius 3 is 2.37 bits per heavy atom. The van der Waals surface area contributed by atoms with Crippen LogP contribution >= 0.6 is 0 Å². The first-order chi connectivity index (χ1) is 8.93. The summed E-state index contributed by atoms with van der Waals surface area (Å²) in [6, 6.07) is -0.0413. The lowest BCUT2D eigenvalue weighted by Gasteiger charge is -2.33. The van der Waals surface area contributed by atoms with Gasteiger partial charge in [0.1, 0.15) is 0 Å². The van der Waals surface area contributed by atoms with Gasteiger partial charge >= 0.3 is 0 Å². The van der Waals surface area contributed by atoms with Crippen LogP contribution < -0.4 is 0 Å². The molecule has 7 heteroatoms. The highest BCUT2D eigenvalue weighted by Crippen LogP contribution is 2.25. The van der Waals surface area contributed by atoms with Crippen molar-refractivity contribution >= 4 is 15.9 Å². The third kappa shape index (κ3) is 3.27. The Labute approximate surface area is 114 Å². The van der Waals surface area contributed by atoms with E-state index in [9.17, 15) is 18.3 Å². The lowest BCUT2D eigenvalue weighted by atomic mass is 9.96. The smallest absolute Gasteiger partial charge is 0.226 e. The van der Waals surface area contributed by atoms with E-state index in [1.54, 1.807) is 4.90 Å². The molecule has 2 heterocycles. The van der Waals surface area contributed by atoms with E-state index in [4.69, 9.17) is 0 Å². The second-order valence-corrected chi connectivity index (χ2v) is 7.43. The van der Waals surface area contributed by atoms with Gasteiger partial charge in [-0.05, 0) is 25.7 Å². The van der Waals surface area contributed by atoms with Gasteiger partial charge in [0.25, 0.3) is 0 Å². The average Bonchev–Trinajstić information content (AvgIpc) is 2.85. The maximum absolute atomic E-state index is 12.4. The molecular weight excluding hydrogens is 268 g/mol. The fourth-order valence-corrected chi connectivity index (χ4v) is 3.86. The molecule has 2 aliphatic heterocycles. The van der Waals surface area contributed by atoms with E-state index in [-0.39, 0.29) is 24.5 Å². The van der Waals surface area contributed by atoms with Crippen LogP contribution in [0, 0.1) is 5.92 Å². The van der Waals surface area contributed by atoms with E-state index in [2.05, 4.69) is 0 Å². The minimum Gasteiger partial charge on any atom is -0.394 e. The van der Waals surface area contributed by atoms with Crippen LogP contribution in [0.4, 0.5) is 0 Å². The minimum atomic E-state index is -3.14. The van der Waals surface area contributed by atoms with Crippen molar-refractivity contribution in [2.24, 2.45) is 5.92 Å². The quantitative estimate of drug-likeness (QED) is 0.770. The van der Waals surface area contributed by atoms with Gasteiger partial charge in [0.05, 0.1) is 18.9 Å². The van der Waals surface area contributed by atoms with Crippen molar-refractivity contribution in [2.75, 3.05) is 32.5 Å². The fraction of sp³-hybridized carbons (Fsp3) is 0.917. The topological polar surface area (TPSA) is 77.9 Å². The number of aliphatic hydroxyl groups is 1. The second-order valence-electron chi connectivity index (χ2n) is 5.45. The molecule has 0 radical (unpaired) electrons. The Balaban J connectivity index is 1.92. The van der Waals surface area contributed by atoms with Gasteiger partial charge < -0.3 is 10.0 Å². The summed E-state index contributed by atoms with van der Waals surface area (Å²) in [7, 11) is -3.14. The normalized spacial score (nSPS) is 26.8. The van der Waals surface area contributed by atoms with Gasteiger partial charge in [-0.25, -0.2) is 12.7 Å². The van der Waals surface area contributed by atoms with Crippen molar-refractivity contribution in [1.29, 1.82) is 0 Å². The molecular formula is C12H22N2O4S. The third-order valence-corrected chi connectivity index (χ3v) is 5.45. The Morgan fingerprint density at radius 1 is 1.21 bits per heavy atom. The van der Waals surface area contributed by atoms with Crippen molar-refractivity contribution < 1.29 is 18.3 Å². The molecule has 6 nitrogen and oxygen atoms in total. The molecule has 19 heavy (non-hydrogen) atoms. The van der Waals surface area contributed by atoms with Crippen molar-refractivity contribution in [3.8, 4) is 0 Å². The molecule has 1 N–H and O–H groups in total. The van der Waals surface area contributed by atoms with Gasteiger partial charge in [-0.15, -0.1) is 0 Å². The number of nitrogens with zero attached hydrogens (tertiary/aromatic N) is 2. The summed E-state index contributed by atoms with van der Waals surface area (Å²) in [6.45, 7) is 1.59. The Morgan fingerprint density at radius 2 is 1.84 bits per heavy atom. The monoisotopic (exact) mass is 290 g/mol. The molecule has 0 spiro atoms. The number of piperidine rings is 1. The number of amides is 1. The van der Waals surface area contributed by atoms with Crippen LogP contribution in [0.15, 0.2) is 0 Å². The zero-order valence-corrected chi connectivity index (χ0v) is 12.1. The molecule has 0 bridgehead atoms. The maximum Gasteiger partial charge on any atom is 0.226 e. The van der Waals surface area contributed by atoms with E-state index in [1.165, 1.54) is 10.6 Å². The van der Waals surface area contributed by atoms with Gasteiger partial charge in [0.2, 0.25) is 15.9 Å². The molecule has 0 unspecified atom stereocenters. The zero-order chi connectivity index (χ0) is 14.0. The number of carbonyl (C=O) groups is 1. The van der Waals surface area contributed by atoms with Crippen LogP contribution in [0.2, 0.25) is 0 Å². The van der Waals surface area contributed by atoms with Crippen LogP contribution in [0.3, 0.4) is 0 Å². The molecule has 2 rings (SSSR count). The number of carbonyl (C=O) groups excluding carboxylic acids is 1. The van der Waals surface area contributed by atoms with Crippen LogP contribution in [-0.2, 0) is 14.8 Å². The van der Waals surface area contributed by atoms with E-state index in [0.29, 0.717) is 25.9 Å².